The van der Waals surface area contributed by atoms with Crippen molar-refractivity contribution in [2.24, 2.45) is 5.92 Å². The standard InChI is InChI=1S/C19H26N2OS/c1-13(2)12-17-21-15(4)18(23-17)19(22)20-14(3)10-11-16-8-6-5-7-9-16/h5-9,13-14H,10-12H2,1-4H3,(H,20,22). The molecule has 3 nitrogen and oxygen atoms in total. The van der Waals surface area contributed by atoms with Crippen LogP contribution in [0.3, 0.4) is 0 Å². The van der Waals surface area contributed by atoms with E-state index in [1.807, 2.05) is 13.0 Å². The Morgan fingerprint density at radius 2 is 1.91 bits per heavy atom. The summed E-state index contributed by atoms with van der Waals surface area (Å²) in [6, 6.07) is 10.5. The molecule has 4 heteroatoms. The Hall–Kier alpha value is -1.68. The number of benzene rings is 1. The van der Waals surface area contributed by atoms with E-state index in [2.05, 4.69) is 55.3 Å². The van der Waals surface area contributed by atoms with Crippen molar-refractivity contribution < 1.29 is 4.79 Å². The molecule has 1 heterocycles. The largest absolute Gasteiger partial charge is 0.349 e. The summed E-state index contributed by atoms with van der Waals surface area (Å²) in [6.45, 7) is 8.32. The van der Waals surface area contributed by atoms with E-state index in [0.717, 1.165) is 34.8 Å². The Bertz CT molecular complexity index is 634. The smallest absolute Gasteiger partial charge is 0.263 e. The van der Waals surface area contributed by atoms with E-state index in [9.17, 15) is 4.79 Å². The zero-order valence-corrected chi connectivity index (χ0v) is 15.2. The Morgan fingerprint density at radius 1 is 1.22 bits per heavy atom. The van der Waals surface area contributed by atoms with Crippen molar-refractivity contribution >= 4 is 17.2 Å². The van der Waals surface area contributed by atoms with Crippen molar-refractivity contribution in [3.63, 3.8) is 0 Å². The molecule has 1 aromatic carbocycles. The summed E-state index contributed by atoms with van der Waals surface area (Å²) >= 11 is 1.53. The van der Waals surface area contributed by atoms with Crippen molar-refractivity contribution in [1.29, 1.82) is 0 Å². The summed E-state index contributed by atoms with van der Waals surface area (Å²) in [5, 5.41) is 4.16. The van der Waals surface area contributed by atoms with E-state index >= 15 is 0 Å². The maximum Gasteiger partial charge on any atom is 0.263 e. The van der Waals surface area contributed by atoms with Gasteiger partial charge in [-0.25, -0.2) is 4.98 Å². The summed E-state index contributed by atoms with van der Waals surface area (Å²) in [6.07, 6.45) is 2.84. The molecule has 1 amide bonds. The molecule has 0 spiro atoms. The minimum atomic E-state index is 0.00979. The van der Waals surface area contributed by atoms with Crippen LogP contribution in [0.25, 0.3) is 0 Å². The molecule has 0 radical (unpaired) electrons. The quantitative estimate of drug-likeness (QED) is 0.817. The summed E-state index contributed by atoms with van der Waals surface area (Å²) in [7, 11) is 0. The molecule has 2 rings (SSSR count). The van der Waals surface area contributed by atoms with Gasteiger partial charge in [0, 0.05) is 12.5 Å². The SMILES string of the molecule is Cc1nc(CC(C)C)sc1C(=O)NC(C)CCc1ccccc1. The first-order valence-electron chi connectivity index (χ1n) is 8.26. The molecule has 23 heavy (non-hydrogen) atoms. The second-order valence-corrected chi connectivity index (χ2v) is 7.60. The van der Waals surface area contributed by atoms with Crippen LogP contribution in [0, 0.1) is 12.8 Å². The predicted molar refractivity (Wildman–Crippen MR) is 97.1 cm³/mol. The number of hydrogen-bond acceptors (Lipinski definition) is 3. The molecule has 0 fully saturated rings. The minimum Gasteiger partial charge on any atom is -0.349 e. The van der Waals surface area contributed by atoms with Crippen LogP contribution in [0.5, 0.6) is 0 Å². The van der Waals surface area contributed by atoms with Gasteiger partial charge in [-0.15, -0.1) is 11.3 Å². The summed E-state index contributed by atoms with van der Waals surface area (Å²) < 4.78 is 0. The van der Waals surface area contributed by atoms with Gasteiger partial charge in [-0.05, 0) is 38.2 Å². The number of nitrogens with zero attached hydrogens (tertiary/aromatic N) is 1. The Balaban J connectivity index is 1.89. The number of aryl methyl sites for hydroxylation is 2. The lowest BCUT2D eigenvalue weighted by Gasteiger charge is -2.13. The Labute approximate surface area is 143 Å². The molecular weight excluding hydrogens is 304 g/mol. The van der Waals surface area contributed by atoms with Gasteiger partial charge < -0.3 is 5.32 Å². The van der Waals surface area contributed by atoms with Crippen LogP contribution in [0.2, 0.25) is 0 Å². The van der Waals surface area contributed by atoms with Crippen LogP contribution in [-0.4, -0.2) is 16.9 Å². The van der Waals surface area contributed by atoms with Crippen LogP contribution in [0.15, 0.2) is 30.3 Å². The van der Waals surface area contributed by atoms with Gasteiger partial charge in [-0.1, -0.05) is 44.2 Å². The first-order valence-corrected chi connectivity index (χ1v) is 9.08. The fourth-order valence-corrected chi connectivity index (χ4v) is 3.67. The Kier molecular flexibility index (Phi) is 6.34. The molecule has 0 saturated carbocycles. The lowest BCUT2D eigenvalue weighted by Crippen LogP contribution is -2.32. The van der Waals surface area contributed by atoms with E-state index in [1.165, 1.54) is 16.9 Å². The molecule has 0 saturated heterocycles. The zero-order chi connectivity index (χ0) is 16.8. The second-order valence-electron chi connectivity index (χ2n) is 6.52. The predicted octanol–water partition coefficient (Wildman–Crippen LogP) is 4.40. The van der Waals surface area contributed by atoms with E-state index in [4.69, 9.17) is 0 Å². The normalized spacial score (nSPS) is 12.4. The van der Waals surface area contributed by atoms with Crippen molar-refractivity contribution in [2.45, 2.75) is 53.0 Å². The summed E-state index contributed by atoms with van der Waals surface area (Å²) in [5.74, 6) is 0.567. The van der Waals surface area contributed by atoms with E-state index < -0.39 is 0 Å². The van der Waals surface area contributed by atoms with Gasteiger partial charge in [0.2, 0.25) is 0 Å². The molecule has 1 atom stereocenters. The molecule has 1 N–H and O–H groups in total. The number of hydrogen-bond donors (Lipinski definition) is 1. The first kappa shape index (κ1) is 17.7. The minimum absolute atomic E-state index is 0.00979. The summed E-state index contributed by atoms with van der Waals surface area (Å²) in [4.78, 5) is 17.7. The number of rotatable bonds is 7. The fraction of sp³-hybridized carbons (Fsp3) is 0.474. The maximum atomic E-state index is 12.4. The van der Waals surface area contributed by atoms with Gasteiger partial charge in [0.15, 0.2) is 0 Å². The van der Waals surface area contributed by atoms with E-state index in [0.29, 0.717) is 5.92 Å². The number of nitrogens with one attached hydrogen (secondary N) is 1. The number of carbonyl (C=O) groups is 1. The van der Waals surface area contributed by atoms with Crippen LogP contribution in [0.1, 0.15) is 53.1 Å². The fourth-order valence-electron chi connectivity index (χ4n) is 2.49. The van der Waals surface area contributed by atoms with Crippen molar-refractivity contribution in [2.75, 3.05) is 0 Å². The number of amides is 1. The van der Waals surface area contributed by atoms with Gasteiger partial charge in [0.25, 0.3) is 5.91 Å². The highest BCUT2D eigenvalue weighted by atomic mass is 32.1. The van der Waals surface area contributed by atoms with Crippen LogP contribution in [-0.2, 0) is 12.8 Å². The highest BCUT2D eigenvalue weighted by Crippen LogP contribution is 2.21. The Morgan fingerprint density at radius 3 is 2.57 bits per heavy atom. The number of carbonyl (C=O) groups excluding carboxylic acids is 1. The topological polar surface area (TPSA) is 42.0 Å². The lowest BCUT2D eigenvalue weighted by molar-refractivity contribution is 0.0942. The maximum absolute atomic E-state index is 12.4. The molecule has 1 aromatic heterocycles. The van der Waals surface area contributed by atoms with E-state index in [-0.39, 0.29) is 11.9 Å². The first-order chi connectivity index (χ1) is 11.0. The van der Waals surface area contributed by atoms with Gasteiger partial charge in [-0.3, -0.25) is 4.79 Å². The third kappa shape index (κ3) is 5.47. The zero-order valence-electron chi connectivity index (χ0n) is 14.4. The molecule has 0 aliphatic carbocycles. The van der Waals surface area contributed by atoms with Gasteiger partial charge in [-0.2, -0.15) is 0 Å². The molecule has 0 aliphatic heterocycles. The van der Waals surface area contributed by atoms with Crippen LogP contribution < -0.4 is 5.32 Å². The van der Waals surface area contributed by atoms with Gasteiger partial charge in [0.05, 0.1) is 10.7 Å². The third-order valence-corrected chi connectivity index (χ3v) is 4.89. The number of aromatic nitrogens is 1. The van der Waals surface area contributed by atoms with E-state index in [1.54, 1.807) is 0 Å². The number of thiazole rings is 1. The van der Waals surface area contributed by atoms with Crippen molar-refractivity contribution in [3.8, 4) is 0 Å². The lowest BCUT2D eigenvalue weighted by atomic mass is 10.1. The van der Waals surface area contributed by atoms with Gasteiger partial charge >= 0.3 is 0 Å². The second kappa shape index (κ2) is 8.25. The molecule has 0 aliphatic rings. The molecule has 2 aromatic rings. The van der Waals surface area contributed by atoms with Gasteiger partial charge in [0.1, 0.15) is 4.88 Å². The molecule has 1 unspecified atom stereocenters. The van der Waals surface area contributed by atoms with Crippen molar-refractivity contribution in [3.05, 3.63) is 51.5 Å². The monoisotopic (exact) mass is 330 g/mol. The molecule has 124 valence electrons. The summed E-state index contributed by atoms with van der Waals surface area (Å²) in [5.41, 5.74) is 2.15. The average Bonchev–Trinajstić information content (AvgIpc) is 2.86. The average molecular weight is 330 g/mol. The highest BCUT2D eigenvalue weighted by molar-refractivity contribution is 7.13. The molecular formula is C19H26N2OS. The molecule has 0 bridgehead atoms. The van der Waals surface area contributed by atoms with Crippen LogP contribution >= 0.6 is 11.3 Å². The third-order valence-electron chi connectivity index (χ3n) is 3.72. The van der Waals surface area contributed by atoms with Crippen molar-refractivity contribution in [1.82, 2.24) is 10.3 Å². The van der Waals surface area contributed by atoms with Crippen LogP contribution in [0.4, 0.5) is 0 Å². The highest BCUT2D eigenvalue weighted by Gasteiger charge is 2.17.